The van der Waals surface area contributed by atoms with Crippen LogP contribution in [0.1, 0.15) is 26.0 Å². The molecule has 17 heavy (non-hydrogen) atoms. The van der Waals surface area contributed by atoms with Gasteiger partial charge in [0.25, 0.3) is 0 Å². The maximum absolute atomic E-state index is 12.0. The van der Waals surface area contributed by atoms with Crippen molar-refractivity contribution in [2.75, 3.05) is 18.8 Å². The first kappa shape index (κ1) is 12.4. The van der Waals surface area contributed by atoms with Gasteiger partial charge < -0.3 is 10.6 Å². The Morgan fingerprint density at radius 2 is 2.47 bits per heavy atom. The first-order chi connectivity index (χ1) is 8.06. The molecule has 0 saturated carbocycles. The van der Waals surface area contributed by atoms with Gasteiger partial charge in [-0.15, -0.1) is 11.3 Å². The second-order valence-electron chi connectivity index (χ2n) is 4.99. The van der Waals surface area contributed by atoms with Gasteiger partial charge in [0.15, 0.2) is 5.13 Å². The number of amides is 1. The van der Waals surface area contributed by atoms with E-state index in [1.807, 2.05) is 10.3 Å². The highest BCUT2D eigenvalue weighted by atomic mass is 32.1. The van der Waals surface area contributed by atoms with E-state index in [1.165, 1.54) is 11.3 Å². The molecule has 0 bridgehead atoms. The molecule has 1 saturated heterocycles. The monoisotopic (exact) mass is 253 g/mol. The molecule has 0 aliphatic carbocycles. The predicted octanol–water partition coefficient (Wildman–Crippen LogP) is 1.77. The molecule has 2 heterocycles. The fourth-order valence-electron chi connectivity index (χ4n) is 2.23. The Labute approximate surface area is 106 Å². The van der Waals surface area contributed by atoms with Crippen LogP contribution < -0.4 is 5.73 Å². The summed E-state index contributed by atoms with van der Waals surface area (Å²) in [4.78, 5) is 18.1. The van der Waals surface area contributed by atoms with Crippen LogP contribution in [-0.2, 0) is 11.2 Å². The minimum atomic E-state index is 0.179. The highest BCUT2D eigenvalue weighted by Crippen LogP contribution is 2.24. The molecule has 1 aliphatic heterocycles. The van der Waals surface area contributed by atoms with Gasteiger partial charge in [-0.1, -0.05) is 13.8 Å². The van der Waals surface area contributed by atoms with E-state index in [-0.39, 0.29) is 5.91 Å². The fraction of sp³-hybridized carbons (Fsp3) is 0.667. The van der Waals surface area contributed by atoms with Gasteiger partial charge in [0.2, 0.25) is 5.91 Å². The van der Waals surface area contributed by atoms with Gasteiger partial charge in [-0.05, 0) is 18.3 Å². The van der Waals surface area contributed by atoms with Crippen molar-refractivity contribution >= 4 is 22.4 Å². The first-order valence-corrected chi connectivity index (χ1v) is 6.92. The van der Waals surface area contributed by atoms with E-state index in [0.29, 0.717) is 23.4 Å². The second-order valence-corrected chi connectivity index (χ2v) is 5.88. The molecule has 1 amide bonds. The molecular formula is C12H19N3OS. The summed E-state index contributed by atoms with van der Waals surface area (Å²) in [5, 5.41) is 2.40. The Balaban J connectivity index is 1.89. The molecule has 94 valence electrons. The van der Waals surface area contributed by atoms with E-state index >= 15 is 0 Å². The molecule has 1 aromatic heterocycles. The van der Waals surface area contributed by atoms with Crippen molar-refractivity contribution in [3.05, 3.63) is 11.1 Å². The SMILES string of the molecule is CC(C)C1CCN(C(=O)Cc2csc(N)n2)C1. The van der Waals surface area contributed by atoms with E-state index in [1.54, 1.807) is 0 Å². The number of likely N-dealkylation sites (tertiary alicyclic amines) is 1. The lowest BCUT2D eigenvalue weighted by Gasteiger charge is -2.17. The van der Waals surface area contributed by atoms with Crippen molar-refractivity contribution in [2.24, 2.45) is 11.8 Å². The van der Waals surface area contributed by atoms with Crippen LogP contribution in [0.25, 0.3) is 0 Å². The van der Waals surface area contributed by atoms with Gasteiger partial charge in [-0.3, -0.25) is 4.79 Å². The number of nitrogens with two attached hydrogens (primary N) is 1. The molecule has 1 aromatic rings. The van der Waals surface area contributed by atoms with Gasteiger partial charge in [0, 0.05) is 18.5 Å². The fourth-order valence-corrected chi connectivity index (χ4v) is 2.79. The van der Waals surface area contributed by atoms with Crippen LogP contribution in [0.5, 0.6) is 0 Å². The van der Waals surface area contributed by atoms with Gasteiger partial charge in [0.05, 0.1) is 12.1 Å². The number of rotatable bonds is 3. The highest BCUT2D eigenvalue weighted by Gasteiger charge is 2.28. The standard InChI is InChI=1S/C12H19N3OS/c1-8(2)9-3-4-15(6-9)11(16)5-10-7-17-12(13)14-10/h7-9H,3-6H2,1-2H3,(H2,13,14). The topological polar surface area (TPSA) is 59.2 Å². The molecule has 0 spiro atoms. The second kappa shape index (κ2) is 5.04. The molecule has 0 aromatic carbocycles. The van der Waals surface area contributed by atoms with Crippen molar-refractivity contribution in [1.82, 2.24) is 9.88 Å². The smallest absolute Gasteiger partial charge is 0.228 e. The van der Waals surface area contributed by atoms with Crippen molar-refractivity contribution in [2.45, 2.75) is 26.7 Å². The molecule has 2 rings (SSSR count). The zero-order valence-electron chi connectivity index (χ0n) is 10.3. The Morgan fingerprint density at radius 1 is 1.71 bits per heavy atom. The number of nitrogen functional groups attached to an aromatic ring is 1. The Hall–Kier alpha value is -1.10. The molecule has 0 radical (unpaired) electrons. The molecule has 1 aliphatic rings. The normalized spacial score (nSPS) is 20.2. The van der Waals surface area contributed by atoms with E-state index < -0.39 is 0 Å². The lowest BCUT2D eigenvalue weighted by molar-refractivity contribution is -0.129. The van der Waals surface area contributed by atoms with E-state index in [0.717, 1.165) is 25.2 Å². The number of carbonyl (C=O) groups excluding carboxylic acids is 1. The maximum atomic E-state index is 12.0. The number of hydrogen-bond donors (Lipinski definition) is 1. The Morgan fingerprint density at radius 3 is 3.00 bits per heavy atom. The van der Waals surface area contributed by atoms with Gasteiger partial charge in [-0.25, -0.2) is 4.98 Å². The maximum Gasteiger partial charge on any atom is 0.228 e. The average Bonchev–Trinajstić information content (AvgIpc) is 2.86. The Bertz CT molecular complexity index is 402. The van der Waals surface area contributed by atoms with Crippen LogP contribution in [0.2, 0.25) is 0 Å². The number of hydrogen-bond acceptors (Lipinski definition) is 4. The lowest BCUT2D eigenvalue weighted by atomic mass is 9.95. The summed E-state index contributed by atoms with van der Waals surface area (Å²) in [5.74, 6) is 1.49. The molecule has 1 atom stereocenters. The van der Waals surface area contributed by atoms with E-state index in [2.05, 4.69) is 18.8 Å². The quantitative estimate of drug-likeness (QED) is 0.893. The van der Waals surface area contributed by atoms with Crippen LogP contribution in [-0.4, -0.2) is 28.9 Å². The Kier molecular flexibility index (Phi) is 3.66. The molecule has 2 N–H and O–H groups in total. The number of anilines is 1. The number of carbonyl (C=O) groups is 1. The third kappa shape index (κ3) is 2.97. The van der Waals surface area contributed by atoms with Gasteiger partial charge in [-0.2, -0.15) is 0 Å². The van der Waals surface area contributed by atoms with Gasteiger partial charge >= 0.3 is 0 Å². The molecular weight excluding hydrogens is 234 g/mol. The molecule has 1 fully saturated rings. The number of nitrogens with zero attached hydrogens (tertiary/aromatic N) is 2. The summed E-state index contributed by atoms with van der Waals surface area (Å²) in [7, 11) is 0. The van der Waals surface area contributed by atoms with E-state index in [9.17, 15) is 4.79 Å². The highest BCUT2D eigenvalue weighted by molar-refractivity contribution is 7.13. The largest absolute Gasteiger partial charge is 0.375 e. The summed E-state index contributed by atoms with van der Waals surface area (Å²) >= 11 is 1.39. The van der Waals surface area contributed by atoms with Crippen LogP contribution in [0.15, 0.2) is 5.38 Å². The van der Waals surface area contributed by atoms with Crippen LogP contribution in [0.4, 0.5) is 5.13 Å². The zero-order chi connectivity index (χ0) is 12.4. The number of thiazole rings is 1. The molecule has 4 nitrogen and oxygen atoms in total. The molecule has 5 heteroatoms. The van der Waals surface area contributed by atoms with Gasteiger partial charge in [0.1, 0.15) is 0 Å². The summed E-state index contributed by atoms with van der Waals surface area (Å²) in [6, 6.07) is 0. The van der Waals surface area contributed by atoms with Crippen molar-refractivity contribution < 1.29 is 4.79 Å². The minimum Gasteiger partial charge on any atom is -0.375 e. The molecule has 1 unspecified atom stereocenters. The first-order valence-electron chi connectivity index (χ1n) is 6.04. The van der Waals surface area contributed by atoms with Crippen LogP contribution in [0.3, 0.4) is 0 Å². The van der Waals surface area contributed by atoms with Crippen LogP contribution >= 0.6 is 11.3 Å². The third-order valence-corrected chi connectivity index (χ3v) is 4.14. The van der Waals surface area contributed by atoms with E-state index in [4.69, 9.17) is 5.73 Å². The van der Waals surface area contributed by atoms with Crippen molar-refractivity contribution in [1.29, 1.82) is 0 Å². The minimum absolute atomic E-state index is 0.179. The predicted molar refractivity (Wildman–Crippen MR) is 69.8 cm³/mol. The summed E-state index contributed by atoms with van der Waals surface area (Å²) < 4.78 is 0. The summed E-state index contributed by atoms with van der Waals surface area (Å²) in [6.07, 6.45) is 1.52. The van der Waals surface area contributed by atoms with Crippen LogP contribution in [0, 0.1) is 11.8 Å². The average molecular weight is 253 g/mol. The van der Waals surface area contributed by atoms with Crippen molar-refractivity contribution in [3.8, 4) is 0 Å². The third-order valence-electron chi connectivity index (χ3n) is 3.42. The summed E-state index contributed by atoms with van der Waals surface area (Å²) in [6.45, 7) is 6.23. The zero-order valence-corrected chi connectivity index (χ0v) is 11.2. The number of aromatic nitrogens is 1. The lowest BCUT2D eigenvalue weighted by Crippen LogP contribution is -2.30. The van der Waals surface area contributed by atoms with Crippen molar-refractivity contribution in [3.63, 3.8) is 0 Å². The summed E-state index contributed by atoms with van der Waals surface area (Å²) in [5.41, 5.74) is 6.35.